The molecule has 1 amide bonds. The van der Waals surface area contributed by atoms with Crippen molar-refractivity contribution in [1.82, 2.24) is 5.43 Å². The van der Waals surface area contributed by atoms with Crippen molar-refractivity contribution >= 4 is 18.1 Å². The number of benzene rings is 3. The van der Waals surface area contributed by atoms with Gasteiger partial charge in [-0.05, 0) is 73.5 Å². The number of hydrazone groups is 1. The van der Waals surface area contributed by atoms with E-state index in [-0.39, 0.29) is 12.5 Å². The Morgan fingerprint density at radius 3 is 2.30 bits per heavy atom. The van der Waals surface area contributed by atoms with Crippen LogP contribution in [-0.2, 0) is 4.79 Å². The van der Waals surface area contributed by atoms with Gasteiger partial charge in [0.05, 0.1) is 11.8 Å². The van der Waals surface area contributed by atoms with Gasteiger partial charge in [0, 0.05) is 0 Å². The summed E-state index contributed by atoms with van der Waals surface area (Å²) in [6.07, 6.45) is 1.50. The number of carbonyl (C=O) groups excluding carboxylic acids is 2. The van der Waals surface area contributed by atoms with Crippen LogP contribution in [-0.4, -0.2) is 24.7 Å². The number of esters is 1. The summed E-state index contributed by atoms with van der Waals surface area (Å²) in [7, 11) is 0. The molecular weight excluding hydrogens is 380 g/mol. The molecular formula is C24H22N2O4. The minimum atomic E-state index is -0.416. The van der Waals surface area contributed by atoms with E-state index in [1.807, 2.05) is 44.2 Å². The van der Waals surface area contributed by atoms with Crippen LogP contribution in [0.25, 0.3) is 0 Å². The standard InChI is InChI=1S/C24H22N2O4/c1-17-5-3-7-20(13-17)24(28)30-21-11-9-19(10-12-21)15-25-26-23(27)16-29-22-8-4-6-18(2)14-22/h3-15H,16H2,1-2H3,(H,26,27)/b25-15+. The fourth-order valence-corrected chi connectivity index (χ4v) is 2.63. The summed E-state index contributed by atoms with van der Waals surface area (Å²) in [5.41, 5.74) is 5.69. The minimum absolute atomic E-state index is 0.130. The second-order valence-corrected chi connectivity index (χ2v) is 6.73. The number of carbonyl (C=O) groups is 2. The molecule has 0 aliphatic rings. The molecule has 0 bridgehead atoms. The van der Waals surface area contributed by atoms with Gasteiger partial charge in [0.1, 0.15) is 11.5 Å². The van der Waals surface area contributed by atoms with Gasteiger partial charge in [0.15, 0.2) is 6.61 Å². The molecule has 6 heteroatoms. The SMILES string of the molecule is Cc1cccc(OCC(=O)N/N=C/c2ccc(OC(=O)c3cccc(C)c3)cc2)c1. The third kappa shape index (κ3) is 6.31. The fourth-order valence-electron chi connectivity index (χ4n) is 2.63. The summed E-state index contributed by atoms with van der Waals surface area (Å²) in [6, 6.07) is 21.5. The zero-order valence-electron chi connectivity index (χ0n) is 16.8. The first kappa shape index (κ1) is 20.8. The molecule has 0 spiro atoms. The molecule has 3 rings (SSSR count). The molecule has 0 atom stereocenters. The highest BCUT2D eigenvalue weighted by Crippen LogP contribution is 2.14. The van der Waals surface area contributed by atoms with Crippen molar-refractivity contribution in [2.45, 2.75) is 13.8 Å². The fraction of sp³-hybridized carbons (Fsp3) is 0.125. The normalized spacial score (nSPS) is 10.6. The lowest BCUT2D eigenvalue weighted by molar-refractivity contribution is -0.123. The van der Waals surface area contributed by atoms with Gasteiger partial charge in [0.2, 0.25) is 0 Å². The Morgan fingerprint density at radius 2 is 1.60 bits per heavy atom. The number of ether oxygens (including phenoxy) is 2. The zero-order chi connectivity index (χ0) is 21.3. The second kappa shape index (κ2) is 10.0. The molecule has 0 radical (unpaired) electrons. The molecule has 0 aliphatic carbocycles. The first-order valence-corrected chi connectivity index (χ1v) is 9.40. The Balaban J connectivity index is 1.47. The molecule has 0 aromatic heterocycles. The molecule has 0 heterocycles. The van der Waals surface area contributed by atoms with Crippen molar-refractivity contribution in [2.75, 3.05) is 6.61 Å². The van der Waals surface area contributed by atoms with Crippen molar-refractivity contribution in [3.63, 3.8) is 0 Å². The van der Waals surface area contributed by atoms with Gasteiger partial charge in [0.25, 0.3) is 5.91 Å². The maximum absolute atomic E-state index is 12.2. The van der Waals surface area contributed by atoms with Crippen LogP contribution in [0.3, 0.4) is 0 Å². The van der Waals surface area contributed by atoms with Crippen molar-refractivity contribution in [1.29, 1.82) is 0 Å². The van der Waals surface area contributed by atoms with Crippen LogP contribution in [0.5, 0.6) is 11.5 Å². The summed E-state index contributed by atoms with van der Waals surface area (Å²) < 4.78 is 10.8. The van der Waals surface area contributed by atoms with E-state index in [4.69, 9.17) is 9.47 Å². The van der Waals surface area contributed by atoms with Gasteiger partial charge in [-0.1, -0.05) is 29.8 Å². The van der Waals surface area contributed by atoms with Crippen LogP contribution >= 0.6 is 0 Å². The molecule has 0 unspecified atom stereocenters. The first-order valence-electron chi connectivity index (χ1n) is 9.40. The third-order valence-electron chi connectivity index (χ3n) is 4.11. The van der Waals surface area contributed by atoms with E-state index < -0.39 is 5.97 Å². The Bertz CT molecular complexity index is 1060. The van der Waals surface area contributed by atoms with Gasteiger partial charge in [-0.2, -0.15) is 5.10 Å². The Labute approximate surface area is 175 Å². The lowest BCUT2D eigenvalue weighted by Gasteiger charge is -2.06. The predicted octanol–water partition coefficient (Wildman–Crippen LogP) is 4.05. The molecule has 30 heavy (non-hydrogen) atoms. The van der Waals surface area contributed by atoms with Crippen LogP contribution < -0.4 is 14.9 Å². The van der Waals surface area contributed by atoms with Crippen LogP contribution in [0.1, 0.15) is 27.0 Å². The predicted molar refractivity (Wildman–Crippen MR) is 115 cm³/mol. The molecule has 3 aromatic carbocycles. The van der Waals surface area contributed by atoms with E-state index in [2.05, 4.69) is 10.5 Å². The molecule has 3 aromatic rings. The Hall–Kier alpha value is -3.93. The quantitative estimate of drug-likeness (QED) is 0.280. The number of rotatable bonds is 7. The van der Waals surface area contributed by atoms with Gasteiger partial charge in [-0.3, -0.25) is 4.79 Å². The zero-order valence-corrected chi connectivity index (χ0v) is 16.8. The van der Waals surface area contributed by atoms with Crippen LogP contribution in [0, 0.1) is 13.8 Å². The highest BCUT2D eigenvalue weighted by Gasteiger charge is 2.08. The number of aryl methyl sites for hydroxylation is 2. The highest BCUT2D eigenvalue weighted by molar-refractivity contribution is 5.91. The molecule has 0 aliphatic heterocycles. The maximum atomic E-state index is 12.2. The van der Waals surface area contributed by atoms with Crippen molar-refractivity contribution in [3.05, 3.63) is 95.1 Å². The number of hydrogen-bond acceptors (Lipinski definition) is 5. The van der Waals surface area contributed by atoms with Gasteiger partial charge in [-0.15, -0.1) is 0 Å². The minimum Gasteiger partial charge on any atom is -0.484 e. The van der Waals surface area contributed by atoms with Crippen molar-refractivity contribution in [2.24, 2.45) is 5.10 Å². The van der Waals surface area contributed by atoms with Crippen LogP contribution in [0.15, 0.2) is 77.9 Å². The monoisotopic (exact) mass is 402 g/mol. The van der Waals surface area contributed by atoms with E-state index in [0.717, 1.165) is 16.7 Å². The lowest BCUT2D eigenvalue weighted by atomic mass is 10.1. The van der Waals surface area contributed by atoms with Crippen LogP contribution in [0.2, 0.25) is 0 Å². The Morgan fingerprint density at radius 1 is 0.900 bits per heavy atom. The van der Waals surface area contributed by atoms with Crippen molar-refractivity contribution < 1.29 is 19.1 Å². The Kier molecular flexibility index (Phi) is 6.95. The molecule has 6 nitrogen and oxygen atoms in total. The van der Waals surface area contributed by atoms with E-state index in [1.54, 1.807) is 42.5 Å². The first-order chi connectivity index (χ1) is 14.5. The summed E-state index contributed by atoms with van der Waals surface area (Å²) in [6.45, 7) is 3.74. The molecule has 1 N–H and O–H groups in total. The van der Waals surface area contributed by atoms with Crippen LogP contribution in [0.4, 0.5) is 0 Å². The summed E-state index contributed by atoms with van der Waals surface area (Å²) in [5, 5.41) is 3.91. The molecule has 0 saturated heterocycles. The van der Waals surface area contributed by atoms with Gasteiger partial charge >= 0.3 is 5.97 Å². The summed E-state index contributed by atoms with van der Waals surface area (Å²) >= 11 is 0. The summed E-state index contributed by atoms with van der Waals surface area (Å²) in [4.78, 5) is 24.0. The van der Waals surface area contributed by atoms with Gasteiger partial charge < -0.3 is 9.47 Å². The highest BCUT2D eigenvalue weighted by atomic mass is 16.5. The largest absolute Gasteiger partial charge is 0.484 e. The van der Waals surface area contributed by atoms with Gasteiger partial charge in [-0.25, -0.2) is 10.2 Å². The number of nitrogens with one attached hydrogen (secondary N) is 1. The second-order valence-electron chi connectivity index (χ2n) is 6.73. The van der Waals surface area contributed by atoms with E-state index >= 15 is 0 Å². The van der Waals surface area contributed by atoms with E-state index in [9.17, 15) is 9.59 Å². The van der Waals surface area contributed by atoms with Crippen molar-refractivity contribution in [3.8, 4) is 11.5 Å². The smallest absolute Gasteiger partial charge is 0.343 e. The van der Waals surface area contributed by atoms with E-state index in [0.29, 0.717) is 17.1 Å². The number of amides is 1. The maximum Gasteiger partial charge on any atom is 0.343 e. The molecule has 0 saturated carbocycles. The average molecular weight is 402 g/mol. The molecule has 0 fully saturated rings. The number of nitrogens with zero attached hydrogens (tertiary/aromatic N) is 1. The lowest BCUT2D eigenvalue weighted by Crippen LogP contribution is -2.24. The van der Waals surface area contributed by atoms with E-state index in [1.165, 1.54) is 6.21 Å². The number of hydrogen-bond donors (Lipinski definition) is 1. The topological polar surface area (TPSA) is 77.0 Å². The summed E-state index contributed by atoms with van der Waals surface area (Å²) in [5.74, 6) is 0.275. The third-order valence-corrected chi connectivity index (χ3v) is 4.11. The molecule has 152 valence electrons. The average Bonchev–Trinajstić information content (AvgIpc) is 2.73.